The monoisotopic (exact) mass is 652 g/mol. The highest BCUT2D eigenvalue weighted by molar-refractivity contribution is 7.26. The molecule has 0 N–H and O–H groups in total. The van der Waals surface area contributed by atoms with Crippen molar-refractivity contribution in [2.75, 3.05) is 0 Å². The number of furan rings is 1. The molecule has 0 aliphatic carbocycles. The van der Waals surface area contributed by atoms with Gasteiger partial charge in [-0.2, -0.15) is 0 Å². The van der Waals surface area contributed by atoms with Crippen molar-refractivity contribution in [1.29, 1.82) is 0 Å². The Morgan fingerprint density at radius 3 is 1.62 bits per heavy atom. The van der Waals surface area contributed by atoms with Crippen LogP contribution in [0.3, 0.4) is 0 Å². The number of hydrogen-bond acceptors (Lipinski definition) is 2. The molecular formula is C48H28OS. The van der Waals surface area contributed by atoms with E-state index in [2.05, 4.69) is 170 Å². The number of rotatable bonds is 3. The smallest absolute Gasteiger partial charge is 0.153 e. The maximum atomic E-state index is 6.63. The molecular weight excluding hydrogens is 625 g/mol. The molecule has 9 aromatic carbocycles. The summed E-state index contributed by atoms with van der Waals surface area (Å²) in [6, 6.07) is 62.0. The average Bonchev–Trinajstić information content (AvgIpc) is 3.75. The van der Waals surface area contributed by atoms with Gasteiger partial charge in [0.25, 0.3) is 0 Å². The SMILES string of the molecule is c1ccc2cc(-c3c4ccccc4c(-c4ccc(-c5ccc6c(c5)oc5c6ccc6c7ccccc7sc65)cc4)c4ccccc34)ccc2c1. The van der Waals surface area contributed by atoms with Gasteiger partial charge in [-0.3, -0.25) is 0 Å². The average molecular weight is 653 g/mol. The van der Waals surface area contributed by atoms with Gasteiger partial charge in [-0.05, 0) is 96.0 Å². The summed E-state index contributed by atoms with van der Waals surface area (Å²) in [5.74, 6) is 0. The minimum Gasteiger partial charge on any atom is -0.455 e. The first-order valence-electron chi connectivity index (χ1n) is 17.1. The molecule has 0 aliphatic rings. The van der Waals surface area contributed by atoms with Crippen molar-refractivity contribution in [2.24, 2.45) is 0 Å². The molecule has 11 aromatic rings. The summed E-state index contributed by atoms with van der Waals surface area (Å²) >= 11 is 1.81. The lowest BCUT2D eigenvalue weighted by molar-refractivity contribution is 0.673. The normalized spacial score (nSPS) is 12.0. The van der Waals surface area contributed by atoms with Crippen molar-refractivity contribution in [3.05, 3.63) is 170 Å². The third kappa shape index (κ3) is 4.06. The van der Waals surface area contributed by atoms with Gasteiger partial charge in [-0.25, -0.2) is 0 Å². The van der Waals surface area contributed by atoms with Crippen LogP contribution in [0.25, 0.3) is 108 Å². The molecule has 1 nitrogen and oxygen atoms in total. The summed E-state index contributed by atoms with van der Waals surface area (Å²) in [5.41, 5.74) is 9.24. The van der Waals surface area contributed by atoms with E-state index in [1.54, 1.807) is 0 Å². The topological polar surface area (TPSA) is 13.1 Å². The lowest BCUT2D eigenvalue weighted by Crippen LogP contribution is -1.91. The van der Waals surface area contributed by atoms with E-state index in [9.17, 15) is 0 Å². The maximum absolute atomic E-state index is 6.63. The summed E-state index contributed by atoms with van der Waals surface area (Å²) in [6.45, 7) is 0. The molecule has 50 heavy (non-hydrogen) atoms. The van der Waals surface area contributed by atoms with Crippen molar-refractivity contribution in [1.82, 2.24) is 0 Å². The number of hydrogen-bond donors (Lipinski definition) is 0. The van der Waals surface area contributed by atoms with Crippen LogP contribution in [-0.4, -0.2) is 0 Å². The standard InChI is InChI=1S/C48H28OS/c1-2-10-32-27-34(22-19-29(32)9-1)46-39-14-5-3-12-37(39)45(38-13-4-6-15-40(38)46)31-20-17-30(18-21-31)33-23-24-35-41-25-26-42-36-11-7-8-16-44(36)50-48(42)47(41)49-43(35)28-33/h1-28H. The summed E-state index contributed by atoms with van der Waals surface area (Å²) < 4.78 is 9.14. The first kappa shape index (κ1) is 27.7. The minimum absolute atomic E-state index is 0.924. The van der Waals surface area contributed by atoms with Gasteiger partial charge >= 0.3 is 0 Å². The number of fused-ring (bicyclic) bond motifs is 10. The third-order valence-corrected chi connectivity index (χ3v) is 11.6. The molecule has 232 valence electrons. The van der Waals surface area contributed by atoms with Crippen molar-refractivity contribution in [3.63, 3.8) is 0 Å². The van der Waals surface area contributed by atoms with Crippen molar-refractivity contribution in [3.8, 4) is 33.4 Å². The Kier molecular flexibility index (Phi) is 5.89. The van der Waals surface area contributed by atoms with E-state index in [4.69, 9.17) is 4.42 Å². The highest BCUT2D eigenvalue weighted by Gasteiger charge is 2.18. The Hall–Kier alpha value is -6.22. The molecule has 0 bridgehead atoms. The fraction of sp³-hybridized carbons (Fsp3) is 0. The molecule has 0 fully saturated rings. The van der Waals surface area contributed by atoms with E-state index in [0.29, 0.717) is 0 Å². The molecule has 0 radical (unpaired) electrons. The fourth-order valence-electron chi connectivity index (χ4n) is 8.12. The number of thiophene rings is 1. The summed E-state index contributed by atoms with van der Waals surface area (Å²) in [5, 5.41) is 12.5. The van der Waals surface area contributed by atoms with E-state index in [0.717, 1.165) is 22.1 Å². The molecule has 0 saturated heterocycles. The maximum Gasteiger partial charge on any atom is 0.153 e. The Morgan fingerprint density at radius 2 is 0.880 bits per heavy atom. The highest BCUT2D eigenvalue weighted by Crippen LogP contribution is 2.45. The zero-order valence-corrected chi connectivity index (χ0v) is 27.8. The zero-order valence-electron chi connectivity index (χ0n) is 27.0. The van der Waals surface area contributed by atoms with Gasteiger partial charge in [0, 0.05) is 26.2 Å². The quantitative estimate of drug-likeness (QED) is 0.173. The lowest BCUT2D eigenvalue weighted by atomic mass is 9.85. The van der Waals surface area contributed by atoms with Crippen LogP contribution in [-0.2, 0) is 0 Å². The van der Waals surface area contributed by atoms with E-state index < -0.39 is 0 Å². The second-order valence-corrected chi connectivity index (χ2v) is 14.3. The fourth-order valence-corrected chi connectivity index (χ4v) is 9.31. The molecule has 0 amide bonds. The van der Waals surface area contributed by atoms with Crippen molar-refractivity contribution in [2.45, 2.75) is 0 Å². The molecule has 11 rings (SSSR count). The molecule has 2 heterocycles. The zero-order chi connectivity index (χ0) is 32.8. The molecule has 2 aromatic heterocycles. The van der Waals surface area contributed by atoms with Crippen molar-refractivity contribution < 1.29 is 4.42 Å². The largest absolute Gasteiger partial charge is 0.455 e. The van der Waals surface area contributed by atoms with Crippen LogP contribution in [0.1, 0.15) is 0 Å². The van der Waals surface area contributed by atoms with E-state index in [-0.39, 0.29) is 0 Å². The van der Waals surface area contributed by atoms with Crippen LogP contribution in [0.4, 0.5) is 0 Å². The Labute approximate surface area is 292 Å². The van der Waals surface area contributed by atoms with Crippen molar-refractivity contribution >= 4 is 85.8 Å². The Balaban J connectivity index is 1.04. The van der Waals surface area contributed by atoms with Crippen LogP contribution in [0, 0.1) is 0 Å². The van der Waals surface area contributed by atoms with Crippen LogP contribution in [0.2, 0.25) is 0 Å². The highest BCUT2D eigenvalue weighted by atomic mass is 32.1. The molecule has 2 heteroatoms. The van der Waals surface area contributed by atoms with Gasteiger partial charge < -0.3 is 4.42 Å². The predicted molar refractivity (Wildman–Crippen MR) is 215 cm³/mol. The first-order chi connectivity index (χ1) is 24.8. The second-order valence-electron chi connectivity index (χ2n) is 13.2. The minimum atomic E-state index is 0.924. The molecule has 0 spiro atoms. The van der Waals surface area contributed by atoms with E-state index in [1.807, 2.05) is 11.3 Å². The van der Waals surface area contributed by atoms with Crippen LogP contribution >= 0.6 is 11.3 Å². The lowest BCUT2D eigenvalue weighted by Gasteiger charge is -2.18. The van der Waals surface area contributed by atoms with Crippen LogP contribution < -0.4 is 0 Å². The van der Waals surface area contributed by atoms with Gasteiger partial charge in [0.15, 0.2) is 5.58 Å². The second kappa shape index (κ2) is 10.6. The summed E-state index contributed by atoms with van der Waals surface area (Å²) in [6.07, 6.45) is 0. The first-order valence-corrected chi connectivity index (χ1v) is 17.9. The van der Waals surface area contributed by atoms with E-state index >= 15 is 0 Å². The van der Waals surface area contributed by atoms with Gasteiger partial charge in [-0.1, -0.05) is 140 Å². The Morgan fingerprint density at radius 1 is 0.340 bits per heavy atom. The van der Waals surface area contributed by atoms with Crippen LogP contribution in [0.15, 0.2) is 174 Å². The molecule has 0 unspecified atom stereocenters. The van der Waals surface area contributed by atoms with Crippen LogP contribution in [0.5, 0.6) is 0 Å². The van der Waals surface area contributed by atoms with E-state index in [1.165, 1.54) is 85.7 Å². The third-order valence-electron chi connectivity index (χ3n) is 10.5. The van der Waals surface area contributed by atoms with Gasteiger partial charge in [0.2, 0.25) is 0 Å². The predicted octanol–water partition coefficient (Wildman–Crippen LogP) is 14.4. The summed E-state index contributed by atoms with van der Waals surface area (Å²) in [7, 11) is 0. The number of benzene rings is 9. The molecule has 0 aliphatic heterocycles. The summed E-state index contributed by atoms with van der Waals surface area (Å²) in [4.78, 5) is 0. The molecule has 0 atom stereocenters. The van der Waals surface area contributed by atoms with Gasteiger partial charge in [-0.15, -0.1) is 11.3 Å². The Bertz CT molecular complexity index is 3080. The molecule has 0 saturated carbocycles. The van der Waals surface area contributed by atoms with Gasteiger partial charge in [0.05, 0.1) is 4.70 Å². The van der Waals surface area contributed by atoms with Gasteiger partial charge in [0.1, 0.15) is 5.58 Å².